The monoisotopic (exact) mass is 248 g/mol. The summed E-state index contributed by atoms with van der Waals surface area (Å²) in [5.41, 5.74) is 0.839. The second-order valence-corrected chi connectivity index (χ2v) is 4.44. The van der Waals surface area contributed by atoms with Crippen molar-refractivity contribution in [3.63, 3.8) is 0 Å². The molecule has 0 fully saturated rings. The summed E-state index contributed by atoms with van der Waals surface area (Å²) in [7, 11) is 1.77. The van der Waals surface area contributed by atoms with Crippen LogP contribution in [0.1, 0.15) is 6.92 Å². The summed E-state index contributed by atoms with van der Waals surface area (Å²) >= 11 is 1.48. The molecule has 0 bridgehead atoms. The summed E-state index contributed by atoms with van der Waals surface area (Å²) in [4.78, 5) is 20.3. The van der Waals surface area contributed by atoms with Crippen LogP contribution in [0.4, 0.5) is 10.9 Å². The summed E-state index contributed by atoms with van der Waals surface area (Å²) in [5, 5.41) is 6.45. The molecule has 0 radical (unpaired) electrons. The van der Waals surface area contributed by atoms with Crippen molar-refractivity contribution in [1.82, 2.24) is 9.97 Å². The van der Waals surface area contributed by atoms with Gasteiger partial charge in [-0.05, 0) is 18.2 Å². The van der Waals surface area contributed by atoms with Crippen LogP contribution in [0.5, 0.6) is 0 Å². The van der Waals surface area contributed by atoms with Crippen molar-refractivity contribution in [3.8, 4) is 10.6 Å². The molecule has 0 aromatic carbocycles. The van der Waals surface area contributed by atoms with Crippen LogP contribution in [-0.2, 0) is 4.79 Å². The maximum atomic E-state index is 10.9. The Labute approximate surface area is 103 Å². The van der Waals surface area contributed by atoms with Crippen molar-refractivity contribution in [1.29, 1.82) is 0 Å². The van der Waals surface area contributed by atoms with Gasteiger partial charge in [0, 0.05) is 20.2 Å². The van der Waals surface area contributed by atoms with E-state index in [2.05, 4.69) is 20.6 Å². The molecule has 88 valence electrons. The summed E-state index contributed by atoms with van der Waals surface area (Å²) in [5.74, 6) is 0.508. The fourth-order valence-electron chi connectivity index (χ4n) is 1.33. The number of anilines is 2. The fourth-order valence-corrected chi connectivity index (χ4v) is 2.25. The number of amides is 1. The highest BCUT2D eigenvalue weighted by Crippen LogP contribution is 2.30. The van der Waals surface area contributed by atoms with E-state index in [1.807, 2.05) is 18.2 Å². The molecule has 2 aromatic rings. The van der Waals surface area contributed by atoms with Crippen LogP contribution in [0.2, 0.25) is 0 Å². The van der Waals surface area contributed by atoms with Gasteiger partial charge in [-0.25, -0.2) is 9.97 Å². The molecule has 0 spiro atoms. The lowest BCUT2D eigenvalue weighted by atomic mass is 10.3. The molecular weight excluding hydrogens is 236 g/mol. The lowest BCUT2D eigenvalue weighted by molar-refractivity contribution is -0.114. The number of carbonyl (C=O) groups excluding carboxylic acids is 1. The number of carbonyl (C=O) groups is 1. The Kier molecular flexibility index (Phi) is 3.34. The van der Waals surface area contributed by atoms with Crippen LogP contribution in [0, 0.1) is 0 Å². The molecule has 0 atom stereocenters. The maximum absolute atomic E-state index is 10.9. The Morgan fingerprint density at radius 3 is 2.88 bits per heavy atom. The first-order valence-electron chi connectivity index (χ1n) is 5.07. The van der Waals surface area contributed by atoms with Crippen LogP contribution >= 0.6 is 11.3 Å². The lowest BCUT2D eigenvalue weighted by Gasteiger charge is -2.00. The van der Waals surface area contributed by atoms with Crippen LogP contribution in [0.25, 0.3) is 10.6 Å². The van der Waals surface area contributed by atoms with Gasteiger partial charge >= 0.3 is 0 Å². The van der Waals surface area contributed by atoms with Gasteiger partial charge in [-0.2, -0.15) is 0 Å². The zero-order valence-corrected chi connectivity index (χ0v) is 10.3. The third-order valence-electron chi connectivity index (χ3n) is 2.04. The van der Waals surface area contributed by atoms with Crippen LogP contribution in [-0.4, -0.2) is 22.9 Å². The molecular formula is C11H12N4OS. The average molecular weight is 248 g/mol. The predicted octanol–water partition coefficient (Wildman–Crippen LogP) is 2.21. The Balaban J connectivity index is 2.26. The van der Waals surface area contributed by atoms with Gasteiger partial charge in [-0.1, -0.05) is 0 Å². The quantitative estimate of drug-likeness (QED) is 0.874. The van der Waals surface area contributed by atoms with Gasteiger partial charge in [0.05, 0.1) is 15.6 Å². The Morgan fingerprint density at radius 1 is 1.35 bits per heavy atom. The minimum absolute atomic E-state index is 0.0722. The van der Waals surface area contributed by atoms with Crippen LogP contribution in [0.3, 0.4) is 0 Å². The number of nitrogens with zero attached hydrogens (tertiary/aromatic N) is 2. The van der Waals surface area contributed by atoms with E-state index in [4.69, 9.17) is 0 Å². The van der Waals surface area contributed by atoms with Crippen molar-refractivity contribution in [3.05, 3.63) is 24.4 Å². The molecule has 0 aliphatic rings. The molecule has 2 N–H and O–H groups in total. The van der Waals surface area contributed by atoms with Crippen molar-refractivity contribution in [2.45, 2.75) is 6.92 Å². The smallest absolute Gasteiger partial charge is 0.222 e. The summed E-state index contributed by atoms with van der Waals surface area (Å²) in [6.07, 6.45) is 1.70. The molecule has 2 heterocycles. The van der Waals surface area contributed by atoms with Gasteiger partial charge in [0.15, 0.2) is 0 Å². The molecule has 5 nitrogen and oxygen atoms in total. The molecule has 2 aromatic heterocycles. The van der Waals surface area contributed by atoms with Gasteiger partial charge in [0.2, 0.25) is 11.9 Å². The van der Waals surface area contributed by atoms with Gasteiger partial charge in [0.1, 0.15) is 0 Å². The number of thiophene rings is 1. The lowest BCUT2D eigenvalue weighted by Crippen LogP contribution is -2.03. The highest BCUT2D eigenvalue weighted by Gasteiger charge is 2.06. The molecule has 2 rings (SSSR count). The third-order valence-corrected chi connectivity index (χ3v) is 3.06. The van der Waals surface area contributed by atoms with E-state index in [-0.39, 0.29) is 5.91 Å². The average Bonchev–Trinajstić information content (AvgIpc) is 2.77. The van der Waals surface area contributed by atoms with Crippen molar-refractivity contribution >= 4 is 28.2 Å². The number of rotatable bonds is 3. The van der Waals surface area contributed by atoms with E-state index in [0.29, 0.717) is 5.95 Å². The number of hydrogen-bond acceptors (Lipinski definition) is 5. The maximum Gasteiger partial charge on any atom is 0.222 e. The van der Waals surface area contributed by atoms with Crippen LogP contribution < -0.4 is 10.6 Å². The SMILES string of the molecule is CNc1nccc(-c2ccc(NC(C)=O)s2)n1. The highest BCUT2D eigenvalue weighted by atomic mass is 32.1. The van der Waals surface area contributed by atoms with Gasteiger partial charge in [-0.15, -0.1) is 11.3 Å². The Hall–Kier alpha value is -1.95. The number of nitrogens with one attached hydrogen (secondary N) is 2. The molecule has 0 aliphatic carbocycles. The van der Waals surface area contributed by atoms with E-state index in [9.17, 15) is 4.79 Å². The third kappa shape index (κ3) is 2.79. The van der Waals surface area contributed by atoms with E-state index >= 15 is 0 Å². The molecule has 0 aliphatic heterocycles. The first-order chi connectivity index (χ1) is 8.19. The summed E-state index contributed by atoms with van der Waals surface area (Å²) in [6, 6.07) is 5.63. The Morgan fingerprint density at radius 2 is 2.18 bits per heavy atom. The Bertz CT molecular complexity index is 538. The van der Waals surface area contributed by atoms with Crippen molar-refractivity contribution < 1.29 is 4.79 Å². The fraction of sp³-hybridized carbons (Fsp3) is 0.182. The van der Waals surface area contributed by atoms with Crippen LogP contribution in [0.15, 0.2) is 24.4 Å². The second-order valence-electron chi connectivity index (χ2n) is 3.36. The van der Waals surface area contributed by atoms with Crippen molar-refractivity contribution in [2.24, 2.45) is 0 Å². The normalized spacial score (nSPS) is 10.0. The predicted molar refractivity (Wildman–Crippen MR) is 69.2 cm³/mol. The zero-order chi connectivity index (χ0) is 12.3. The number of hydrogen-bond donors (Lipinski definition) is 2. The van der Waals surface area contributed by atoms with Gasteiger partial charge < -0.3 is 10.6 Å². The minimum atomic E-state index is -0.0722. The standard InChI is InChI=1S/C11H12N4OS/c1-7(16)14-10-4-3-9(17-10)8-5-6-13-11(12-2)15-8/h3-6H,1-2H3,(H,14,16)(H,12,13,15). The largest absolute Gasteiger partial charge is 0.357 e. The topological polar surface area (TPSA) is 66.9 Å². The van der Waals surface area contributed by atoms with E-state index in [1.54, 1.807) is 13.2 Å². The van der Waals surface area contributed by atoms with Gasteiger partial charge in [0.25, 0.3) is 0 Å². The zero-order valence-electron chi connectivity index (χ0n) is 9.52. The molecule has 1 amide bonds. The summed E-state index contributed by atoms with van der Waals surface area (Å²) in [6.45, 7) is 1.49. The first-order valence-corrected chi connectivity index (χ1v) is 5.89. The molecule has 0 saturated heterocycles. The number of aromatic nitrogens is 2. The van der Waals surface area contributed by atoms with Crippen molar-refractivity contribution in [2.75, 3.05) is 17.7 Å². The van der Waals surface area contributed by atoms with E-state index in [0.717, 1.165) is 15.6 Å². The van der Waals surface area contributed by atoms with E-state index in [1.165, 1.54) is 18.3 Å². The van der Waals surface area contributed by atoms with Gasteiger partial charge in [-0.3, -0.25) is 4.79 Å². The molecule has 0 saturated carbocycles. The summed E-state index contributed by atoms with van der Waals surface area (Å²) < 4.78 is 0. The van der Waals surface area contributed by atoms with E-state index < -0.39 is 0 Å². The second kappa shape index (κ2) is 4.92. The highest BCUT2D eigenvalue weighted by molar-refractivity contribution is 7.19. The molecule has 17 heavy (non-hydrogen) atoms. The first kappa shape index (κ1) is 11.5. The minimum Gasteiger partial charge on any atom is -0.357 e. The molecule has 0 unspecified atom stereocenters. The molecule has 6 heteroatoms.